The molecule has 2 unspecified atom stereocenters. The number of hydrogen-bond acceptors (Lipinski definition) is 1. The largest absolute Gasteiger partial charge is 0.328 e. The van der Waals surface area contributed by atoms with E-state index < -0.39 is 0 Å². The summed E-state index contributed by atoms with van der Waals surface area (Å²) in [6.45, 7) is 0. The van der Waals surface area contributed by atoms with Crippen LogP contribution in [0.4, 0.5) is 4.39 Å². The minimum absolute atomic E-state index is 0.0997. The molecule has 0 spiro atoms. The Labute approximate surface area is 98.0 Å². The Balaban J connectivity index is 2.24. The van der Waals surface area contributed by atoms with Gasteiger partial charge in [-0.3, -0.25) is 0 Å². The van der Waals surface area contributed by atoms with Crippen LogP contribution in [0.15, 0.2) is 22.7 Å². The molecule has 82 valence electrons. The van der Waals surface area contributed by atoms with Crippen molar-refractivity contribution in [1.82, 2.24) is 0 Å². The molecule has 2 N–H and O–H groups in total. The quantitative estimate of drug-likeness (QED) is 0.831. The van der Waals surface area contributed by atoms with Crippen molar-refractivity contribution in [1.29, 1.82) is 0 Å². The second-order valence-corrected chi connectivity index (χ2v) is 5.21. The second-order valence-electron chi connectivity index (χ2n) is 4.29. The summed E-state index contributed by atoms with van der Waals surface area (Å²) >= 11 is 3.38. The normalized spacial score (nSPS) is 26.6. The Morgan fingerprint density at radius 1 is 1.33 bits per heavy atom. The number of hydrogen-bond donors (Lipinski definition) is 1. The van der Waals surface area contributed by atoms with Gasteiger partial charge in [-0.1, -0.05) is 22.4 Å². The molecule has 1 aliphatic carbocycles. The number of benzene rings is 1. The first-order valence-electron chi connectivity index (χ1n) is 5.37. The third-order valence-corrected chi connectivity index (χ3v) is 3.61. The lowest BCUT2D eigenvalue weighted by Gasteiger charge is -2.27. The van der Waals surface area contributed by atoms with E-state index in [1.807, 2.05) is 6.07 Å². The van der Waals surface area contributed by atoms with Crippen molar-refractivity contribution in [3.63, 3.8) is 0 Å². The van der Waals surface area contributed by atoms with Crippen LogP contribution >= 0.6 is 15.9 Å². The van der Waals surface area contributed by atoms with E-state index in [1.54, 1.807) is 6.07 Å². The van der Waals surface area contributed by atoms with Gasteiger partial charge in [0, 0.05) is 10.5 Å². The summed E-state index contributed by atoms with van der Waals surface area (Å²) in [5, 5.41) is 0. The fraction of sp³-hybridized carbons (Fsp3) is 0.500. The number of rotatable bonds is 1. The first-order chi connectivity index (χ1) is 7.16. The van der Waals surface area contributed by atoms with Crippen molar-refractivity contribution in [2.45, 2.75) is 37.6 Å². The van der Waals surface area contributed by atoms with Crippen LogP contribution in [0.25, 0.3) is 0 Å². The molecule has 3 heteroatoms. The van der Waals surface area contributed by atoms with Gasteiger partial charge < -0.3 is 5.73 Å². The van der Waals surface area contributed by atoms with Crippen molar-refractivity contribution < 1.29 is 4.39 Å². The molecule has 0 aliphatic heterocycles. The van der Waals surface area contributed by atoms with Gasteiger partial charge in [0.05, 0.1) is 0 Å². The zero-order valence-corrected chi connectivity index (χ0v) is 10.1. The molecule has 1 fully saturated rings. The zero-order valence-electron chi connectivity index (χ0n) is 8.55. The van der Waals surface area contributed by atoms with E-state index in [2.05, 4.69) is 15.9 Å². The minimum atomic E-state index is -0.0997. The maximum atomic E-state index is 13.6. The van der Waals surface area contributed by atoms with Gasteiger partial charge in [0.1, 0.15) is 5.82 Å². The Morgan fingerprint density at radius 3 is 2.87 bits per heavy atom. The van der Waals surface area contributed by atoms with E-state index in [0.29, 0.717) is 5.92 Å². The molecule has 0 heterocycles. The van der Waals surface area contributed by atoms with E-state index in [-0.39, 0.29) is 11.9 Å². The third-order valence-electron chi connectivity index (χ3n) is 3.11. The van der Waals surface area contributed by atoms with Gasteiger partial charge in [-0.2, -0.15) is 0 Å². The van der Waals surface area contributed by atoms with Crippen molar-refractivity contribution in [2.75, 3.05) is 0 Å². The third kappa shape index (κ3) is 2.58. The Bertz CT molecular complexity index is 353. The molecule has 1 aromatic carbocycles. The van der Waals surface area contributed by atoms with Crippen molar-refractivity contribution in [3.05, 3.63) is 34.1 Å². The van der Waals surface area contributed by atoms with E-state index in [4.69, 9.17) is 5.73 Å². The van der Waals surface area contributed by atoms with Crippen LogP contribution in [0, 0.1) is 5.82 Å². The first-order valence-corrected chi connectivity index (χ1v) is 6.16. The van der Waals surface area contributed by atoms with Crippen LogP contribution in [0.5, 0.6) is 0 Å². The van der Waals surface area contributed by atoms with Gasteiger partial charge in [-0.05, 0) is 48.9 Å². The lowest BCUT2D eigenvalue weighted by Crippen LogP contribution is -2.27. The lowest BCUT2D eigenvalue weighted by molar-refractivity contribution is 0.384. The maximum Gasteiger partial charge on any atom is 0.126 e. The van der Waals surface area contributed by atoms with E-state index in [9.17, 15) is 4.39 Å². The molecular weight excluding hydrogens is 257 g/mol. The van der Waals surface area contributed by atoms with Gasteiger partial charge in [0.25, 0.3) is 0 Å². The maximum absolute atomic E-state index is 13.6. The van der Waals surface area contributed by atoms with Crippen LogP contribution in [-0.4, -0.2) is 6.04 Å². The number of nitrogens with two attached hydrogens (primary N) is 1. The summed E-state index contributed by atoms with van der Waals surface area (Å²) in [7, 11) is 0. The molecule has 2 atom stereocenters. The molecule has 0 saturated heterocycles. The monoisotopic (exact) mass is 271 g/mol. The average Bonchev–Trinajstić information content (AvgIpc) is 2.22. The van der Waals surface area contributed by atoms with Crippen molar-refractivity contribution in [2.24, 2.45) is 5.73 Å². The van der Waals surface area contributed by atoms with E-state index in [0.717, 1.165) is 35.7 Å². The van der Waals surface area contributed by atoms with Gasteiger partial charge in [0.15, 0.2) is 0 Å². The van der Waals surface area contributed by atoms with E-state index >= 15 is 0 Å². The Hall–Kier alpha value is -0.410. The van der Waals surface area contributed by atoms with Gasteiger partial charge in [-0.15, -0.1) is 0 Å². The van der Waals surface area contributed by atoms with Crippen LogP contribution in [0.3, 0.4) is 0 Å². The molecule has 2 rings (SSSR count). The highest BCUT2D eigenvalue weighted by molar-refractivity contribution is 9.10. The van der Waals surface area contributed by atoms with Crippen LogP contribution in [0.2, 0.25) is 0 Å². The fourth-order valence-electron chi connectivity index (χ4n) is 2.34. The Morgan fingerprint density at radius 2 is 2.13 bits per heavy atom. The number of halogens is 2. The van der Waals surface area contributed by atoms with Gasteiger partial charge in [0.2, 0.25) is 0 Å². The molecule has 1 aromatic rings. The lowest BCUT2D eigenvalue weighted by atomic mass is 9.81. The van der Waals surface area contributed by atoms with Gasteiger partial charge >= 0.3 is 0 Å². The highest BCUT2D eigenvalue weighted by Crippen LogP contribution is 2.34. The summed E-state index contributed by atoms with van der Waals surface area (Å²) in [6.07, 6.45) is 4.15. The molecule has 1 aliphatic rings. The summed E-state index contributed by atoms with van der Waals surface area (Å²) < 4.78 is 14.6. The SMILES string of the molecule is NC1CCCC(c2cc(Br)ccc2F)C1. The summed E-state index contributed by atoms with van der Waals surface area (Å²) in [5.74, 6) is 0.198. The van der Waals surface area contributed by atoms with Gasteiger partial charge in [-0.25, -0.2) is 4.39 Å². The molecule has 1 nitrogen and oxygen atoms in total. The topological polar surface area (TPSA) is 26.0 Å². The first kappa shape index (κ1) is 11.1. The van der Waals surface area contributed by atoms with E-state index in [1.165, 1.54) is 6.07 Å². The van der Waals surface area contributed by atoms with Crippen LogP contribution in [0.1, 0.15) is 37.2 Å². The van der Waals surface area contributed by atoms with Crippen molar-refractivity contribution in [3.8, 4) is 0 Å². The smallest absolute Gasteiger partial charge is 0.126 e. The average molecular weight is 272 g/mol. The molecule has 1 saturated carbocycles. The van der Waals surface area contributed by atoms with Crippen LogP contribution in [-0.2, 0) is 0 Å². The molecule has 0 bridgehead atoms. The fourth-order valence-corrected chi connectivity index (χ4v) is 2.72. The highest BCUT2D eigenvalue weighted by Gasteiger charge is 2.23. The zero-order chi connectivity index (χ0) is 10.8. The van der Waals surface area contributed by atoms with Crippen LogP contribution < -0.4 is 5.73 Å². The second kappa shape index (κ2) is 4.62. The predicted molar refractivity (Wildman–Crippen MR) is 63.3 cm³/mol. The standard InChI is InChI=1S/C12H15BrFN/c13-9-4-5-12(14)11(7-9)8-2-1-3-10(15)6-8/h4-5,7-8,10H,1-3,6,15H2. The Kier molecular flexibility index (Phi) is 3.42. The molecular formula is C12H15BrFN. The van der Waals surface area contributed by atoms with Crippen molar-refractivity contribution >= 4 is 15.9 Å². The summed E-state index contributed by atoms with van der Waals surface area (Å²) in [5.41, 5.74) is 6.74. The minimum Gasteiger partial charge on any atom is -0.328 e. The molecule has 15 heavy (non-hydrogen) atoms. The summed E-state index contributed by atoms with van der Waals surface area (Å²) in [4.78, 5) is 0. The summed E-state index contributed by atoms with van der Waals surface area (Å²) in [6, 6.07) is 5.39. The molecule has 0 aromatic heterocycles. The predicted octanol–water partition coefficient (Wildman–Crippen LogP) is 3.57. The highest BCUT2D eigenvalue weighted by atomic mass is 79.9. The molecule has 0 amide bonds. The molecule has 0 radical (unpaired) electrons.